The maximum absolute atomic E-state index is 12.0. The lowest BCUT2D eigenvalue weighted by atomic mass is 10.1. The Labute approximate surface area is 110 Å². The standard InChI is InChI=1S/C13H18F2N2O2/c1-9(16)4-2-7-12(18)17-10-5-3-6-11(8-10)19-13(14)15/h3,5-6,8-9,13H,2,4,7,16H2,1H3,(H,17,18). The quantitative estimate of drug-likeness (QED) is 0.802. The molecular formula is C13H18F2N2O2. The number of carbonyl (C=O) groups is 1. The molecular weight excluding hydrogens is 254 g/mol. The van der Waals surface area contributed by atoms with Gasteiger partial charge < -0.3 is 15.8 Å². The second-order valence-corrected chi connectivity index (χ2v) is 4.32. The third kappa shape index (κ3) is 6.71. The highest BCUT2D eigenvalue weighted by Gasteiger charge is 2.07. The molecule has 0 aromatic heterocycles. The Kier molecular flexibility index (Phi) is 6.21. The first-order valence-corrected chi connectivity index (χ1v) is 6.07. The van der Waals surface area contributed by atoms with Crippen LogP contribution in [0, 0.1) is 0 Å². The normalized spacial score (nSPS) is 12.3. The molecule has 0 aliphatic carbocycles. The molecule has 0 heterocycles. The number of nitrogens with two attached hydrogens (primary N) is 1. The summed E-state index contributed by atoms with van der Waals surface area (Å²) in [6.45, 7) is -1.000. The van der Waals surface area contributed by atoms with Crippen LogP contribution in [0.1, 0.15) is 26.2 Å². The van der Waals surface area contributed by atoms with Crippen LogP contribution in [0.25, 0.3) is 0 Å². The summed E-state index contributed by atoms with van der Waals surface area (Å²) in [5, 5.41) is 2.62. The minimum atomic E-state index is -2.88. The Bertz CT molecular complexity index is 411. The fourth-order valence-electron chi connectivity index (χ4n) is 1.56. The highest BCUT2D eigenvalue weighted by molar-refractivity contribution is 5.90. The molecule has 6 heteroatoms. The molecule has 1 aromatic rings. The number of benzene rings is 1. The van der Waals surface area contributed by atoms with Crippen molar-refractivity contribution < 1.29 is 18.3 Å². The summed E-state index contributed by atoms with van der Waals surface area (Å²) in [7, 11) is 0. The highest BCUT2D eigenvalue weighted by Crippen LogP contribution is 2.19. The maximum Gasteiger partial charge on any atom is 0.387 e. The van der Waals surface area contributed by atoms with Crippen molar-refractivity contribution in [1.82, 2.24) is 0 Å². The van der Waals surface area contributed by atoms with E-state index in [1.807, 2.05) is 6.92 Å². The number of ether oxygens (including phenoxy) is 1. The first-order valence-electron chi connectivity index (χ1n) is 6.07. The van der Waals surface area contributed by atoms with Gasteiger partial charge in [0.05, 0.1) is 0 Å². The zero-order valence-corrected chi connectivity index (χ0v) is 10.7. The van der Waals surface area contributed by atoms with E-state index in [0.29, 0.717) is 18.5 Å². The summed E-state index contributed by atoms with van der Waals surface area (Å²) in [5.41, 5.74) is 6.01. The molecule has 0 aliphatic rings. The zero-order valence-electron chi connectivity index (χ0n) is 10.7. The van der Waals surface area contributed by atoms with Gasteiger partial charge in [-0.05, 0) is 31.9 Å². The van der Waals surface area contributed by atoms with E-state index in [-0.39, 0.29) is 17.7 Å². The van der Waals surface area contributed by atoms with Gasteiger partial charge in [0.2, 0.25) is 5.91 Å². The number of anilines is 1. The molecule has 0 bridgehead atoms. The van der Waals surface area contributed by atoms with Crippen LogP contribution < -0.4 is 15.8 Å². The molecule has 0 saturated heterocycles. The summed E-state index contributed by atoms with van der Waals surface area (Å²) >= 11 is 0. The minimum Gasteiger partial charge on any atom is -0.435 e. The number of hydrogen-bond acceptors (Lipinski definition) is 3. The highest BCUT2D eigenvalue weighted by atomic mass is 19.3. The topological polar surface area (TPSA) is 64.4 Å². The Morgan fingerprint density at radius 3 is 2.84 bits per heavy atom. The van der Waals surface area contributed by atoms with Gasteiger partial charge >= 0.3 is 6.61 Å². The van der Waals surface area contributed by atoms with Crippen LogP contribution in [0.5, 0.6) is 5.75 Å². The van der Waals surface area contributed by atoms with Crippen LogP contribution >= 0.6 is 0 Å². The number of carbonyl (C=O) groups excluding carboxylic acids is 1. The third-order valence-electron chi connectivity index (χ3n) is 2.41. The molecule has 0 radical (unpaired) electrons. The van der Waals surface area contributed by atoms with Gasteiger partial charge in [-0.2, -0.15) is 8.78 Å². The molecule has 0 saturated carbocycles. The molecule has 1 atom stereocenters. The number of nitrogens with one attached hydrogen (secondary N) is 1. The van der Waals surface area contributed by atoms with Crippen molar-refractivity contribution in [2.45, 2.75) is 38.8 Å². The molecule has 1 unspecified atom stereocenters. The lowest BCUT2D eigenvalue weighted by Crippen LogP contribution is -2.16. The van der Waals surface area contributed by atoms with Gasteiger partial charge in [0.25, 0.3) is 0 Å². The van der Waals surface area contributed by atoms with Crippen molar-refractivity contribution in [2.24, 2.45) is 5.73 Å². The Balaban J connectivity index is 2.45. The summed E-state index contributed by atoms with van der Waals surface area (Å²) < 4.78 is 28.3. The van der Waals surface area contributed by atoms with E-state index in [2.05, 4.69) is 10.1 Å². The number of rotatable bonds is 7. The van der Waals surface area contributed by atoms with E-state index in [1.165, 1.54) is 18.2 Å². The smallest absolute Gasteiger partial charge is 0.387 e. The number of amides is 1. The molecule has 106 valence electrons. The molecule has 4 nitrogen and oxygen atoms in total. The van der Waals surface area contributed by atoms with Gasteiger partial charge in [0, 0.05) is 24.2 Å². The lowest BCUT2D eigenvalue weighted by molar-refractivity contribution is -0.116. The Morgan fingerprint density at radius 1 is 1.47 bits per heavy atom. The number of alkyl halides is 2. The summed E-state index contributed by atoms with van der Waals surface area (Å²) in [6.07, 6.45) is 1.81. The van der Waals surface area contributed by atoms with E-state index in [4.69, 9.17) is 5.73 Å². The van der Waals surface area contributed by atoms with E-state index >= 15 is 0 Å². The first kappa shape index (κ1) is 15.4. The third-order valence-corrected chi connectivity index (χ3v) is 2.41. The van der Waals surface area contributed by atoms with Crippen molar-refractivity contribution >= 4 is 11.6 Å². The average molecular weight is 272 g/mol. The fraction of sp³-hybridized carbons (Fsp3) is 0.462. The Morgan fingerprint density at radius 2 is 2.21 bits per heavy atom. The average Bonchev–Trinajstić information content (AvgIpc) is 2.27. The van der Waals surface area contributed by atoms with Crippen LogP contribution in [-0.2, 0) is 4.79 Å². The summed E-state index contributed by atoms with van der Waals surface area (Å²) in [4.78, 5) is 11.6. The van der Waals surface area contributed by atoms with E-state index in [0.717, 1.165) is 6.42 Å². The van der Waals surface area contributed by atoms with Gasteiger partial charge in [-0.3, -0.25) is 4.79 Å². The number of hydrogen-bond donors (Lipinski definition) is 2. The molecule has 1 rings (SSSR count). The van der Waals surface area contributed by atoms with Crippen LogP contribution in [0.3, 0.4) is 0 Å². The van der Waals surface area contributed by atoms with Gasteiger partial charge in [0.1, 0.15) is 5.75 Å². The van der Waals surface area contributed by atoms with Gasteiger partial charge in [-0.15, -0.1) is 0 Å². The van der Waals surface area contributed by atoms with E-state index in [1.54, 1.807) is 6.07 Å². The van der Waals surface area contributed by atoms with Gasteiger partial charge in [0.15, 0.2) is 0 Å². The van der Waals surface area contributed by atoms with Crippen LogP contribution in [0.4, 0.5) is 14.5 Å². The van der Waals surface area contributed by atoms with E-state index in [9.17, 15) is 13.6 Å². The predicted octanol–water partition coefficient (Wildman–Crippen LogP) is 2.74. The second kappa shape index (κ2) is 7.68. The van der Waals surface area contributed by atoms with Crippen molar-refractivity contribution in [1.29, 1.82) is 0 Å². The van der Waals surface area contributed by atoms with Gasteiger partial charge in [-0.25, -0.2) is 0 Å². The SMILES string of the molecule is CC(N)CCCC(=O)Nc1cccc(OC(F)F)c1. The van der Waals surface area contributed by atoms with Crippen LogP contribution in [-0.4, -0.2) is 18.6 Å². The predicted molar refractivity (Wildman–Crippen MR) is 69.2 cm³/mol. The second-order valence-electron chi connectivity index (χ2n) is 4.32. The largest absolute Gasteiger partial charge is 0.435 e. The molecule has 1 amide bonds. The summed E-state index contributed by atoms with van der Waals surface area (Å²) in [6, 6.07) is 5.97. The fourth-order valence-corrected chi connectivity index (χ4v) is 1.56. The molecule has 0 aliphatic heterocycles. The molecule has 3 N–H and O–H groups in total. The minimum absolute atomic E-state index is 0.0170. The van der Waals surface area contributed by atoms with Gasteiger partial charge in [-0.1, -0.05) is 6.07 Å². The first-order chi connectivity index (χ1) is 8.97. The summed E-state index contributed by atoms with van der Waals surface area (Å²) in [5.74, 6) is -0.154. The van der Waals surface area contributed by atoms with Crippen molar-refractivity contribution in [3.63, 3.8) is 0 Å². The lowest BCUT2D eigenvalue weighted by Gasteiger charge is -2.09. The van der Waals surface area contributed by atoms with Crippen LogP contribution in [0.15, 0.2) is 24.3 Å². The molecule has 1 aromatic carbocycles. The number of halogens is 2. The molecule has 0 fully saturated rings. The Hall–Kier alpha value is -1.69. The zero-order chi connectivity index (χ0) is 14.3. The van der Waals surface area contributed by atoms with E-state index < -0.39 is 6.61 Å². The van der Waals surface area contributed by atoms with Crippen molar-refractivity contribution in [3.8, 4) is 5.75 Å². The molecule has 19 heavy (non-hydrogen) atoms. The van der Waals surface area contributed by atoms with Crippen molar-refractivity contribution in [2.75, 3.05) is 5.32 Å². The van der Waals surface area contributed by atoms with Crippen LogP contribution in [0.2, 0.25) is 0 Å². The van der Waals surface area contributed by atoms with Crippen molar-refractivity contribution in [3.05, 3.63) is 24.3 Å². The molecule has 0 spiro atoms. The maximum atomic E-state index is 12.0. The monoisotopic (exact) mass is 272 g/mol.